The summed E-state index contributed by atoms with van der Waals surface area (Å²) in [6.07, 6.45) is 0.425. The Balaban J connectivity index is 2.70. The van der Waals surface area contributed by atoms with Crippen molar-refractivity contribution in [3.8, 4) is 0 Å². The van der Waals surface area contributed by atoms with E-state index < -0.39 is 0 Å². The first-order valence-corrected chi connectivity index (χ1v) is 5.62. The number of carbonyl (C=O) groups is 1. The van der Waals surface area contributed by atoms with Gasteiger partial charge >= 0.3 is 0 Å². The van der Waals surface area contributed by atoms with E-state index in [-0.39, 0.29) is 5.91 Å². The molecule has 0 atom stereocenters. The Labute approximate surface area is 101 Å². The van der Waals surface area contributed by atoms with Crippen LogP contribution in [0.15, 0.2) is 18.2 Å². The van der Waals surface area contributed by atoms with Gasteiger partial charge in [0.05, 0.1) is 0 Å². The molecule has 4 heteroatoms. The van der Waals surface area contributed by atoms with Gasteiger partial charge in [0.25, 0.3) is 0 Å². The van der Waals surface area contributed by atoms with E-state index in [4.69, 9.17) is 12.2 Å². The predicted octanol–water partition coefficient (Wildman–Crippen LogP) is 2.53. The first-order chi connectivity index (χ1) is 7.54. The molecule has 0 saturated carbocycles. The molecule has 0 aliphatic carbocycles. The van der Waals surface area contributed by atoms with Gasteiger partial charge in [0, 0.05) is 12.1 Å². The van der Waals surface area contributed by atoms with Crippen LogP contribution in [0.5, 0.6) is 0 Å². The lowest BCUT2D eigenvalue weighted by Crippen LogP contribution is -2.33. The summed E-state index contributed by atoms with van der Waals surface area (Å²) < 4.78 is 0. The summed E-state index contributed by atoms with van der Waals surface area (Å²) in [6, 6.07) is 5.93. The number of anilines is 1. The molecule has 0 heterocycles. The zero-order valence-corrected chi connectivity index (χ0v) is 10.6. The number of amides is 1. The molecule has 1 aromatic carbocycles. The number of benzene rings is 1. The normalized spacial score (nSPS) is 9.69. The van der Waals surface area contributed by atoms with Gasteiger partial charge in [0.15, 0.2) is 5.11 Å². The summed E-state index contributed by atoms with van der Waals surface area (Å²) in [7, 11) is 0. The van der Waals surface area contributed by atoms with Crippen LogP contribution in [-0.4, -0.2) is 11.0 Å². The van der Waals surface area contributed by atoms with Gasteiger partial charge in [-0.3, -0.25) is 4.79 Å². The van der Waals surface area contributed by atoms with Crippen LogP contribution < -0.4 is 10.6 Å². The number of aryl methyl sites for hydroxylation is 1. The zero-order chi connectivity index (χ0) is 12.1. The number of thiocarbonyl (C=S) groups is 1. The van der Waals surface area contributed by atoms with Gasteiger partial charge in [0.2, 0.25) is 5.91 Å². The van der Waals surface area contributed by atoms with Gasteiger partial charge in [-0.25, -0.2) is 0 Å². The van der Waals surface area contributed by atoms with Crippen molar-refractivity contribution in [2.75, 3.05) is 5.32 Å². The third-order valence-corrected chi connectivity index (χ3v) is 2.63. The highest BCUT2D eigenvalue weighted by atomic mass is 32.1. The monoisotopic (exact) mass is 236 g/mol. The molecule has 0 radical (unpaired) electrons. The zero-order valence-electron chi connectivity index (χ0n) is 9.76. The predicted molar refractivity (Wildman–Crippen MR) is 70.6 cm³/mol. The van der Waals surface area contributed by atoms with Crippen LogP contribution in [-0.2, 0) is 4.79 Å². The van der Waals surface area contributed by atoms with Crippen molar-refractivity contribution >= 4 is 28.9 Å². The molecule has 0 spiro atoms. The molecule has 1 amide bonds. The molecule has 0 saturated heterocycles. The van der Waals surface area contributed by atoms with Crippen LogP contribution in [0, 0.1) is 13.8 Å². The van der Waals surface area contributed by atoms with Crippen LogP contribution in [0.1, 0.15) is 24.5 Å². The summed E-state index contributed by atoms with van der Waals surface area (Å²) in [4.78, 5) is 11.1. The first kappa shape index (κ1) is 12.6. The molecule has 3 nitrogen and oxygen atoms in total. The minimum atomic E-state index is -0.0807. The van der Waals surface area contributed by atoms with E-state index in [9.17, 15) is 4.79 Å². The van der Waals surface area contributed by atoms with Crippen molar-refractivity contribution in [3.63, 3.8) is 0 Å². The van der Waals surface area contributed by atoms with E-state index >= 15 is 0 Å². The molecule has 0 bridgehead atoms. The Morgan fingerprint density at radius 1 is 1.38 bits per heavy atom. The highest BCUT2D eigenvalue weighted by molar-refractivity contribution is 7.80. The maximum atomic E-state index is 11.1. The van der Waals surface area contributed by atoms with Gasteiger partial charge in [-0.2, -0.15) is 0 Å². The van der Waals surface area contributed by atoms with Gasteiger partial charge in [-0.05, 0) is 43.3 Å². The average Bonchev–Trinajstić information content (AvgIpc) is 2.24. The molecule has 0 aromatic heterocycles. The van der Waals surface area contributed by atoms with E-state index in [0.717, 1.165) is 11.3 Å². The van der Waals surface area contributed by atoms with Crippen molar-refractivity contribution in [1.82, 2.24) is 5.32 Å². The second-order valence-electron chi connectivity index (χ2n) is 3.60. The minimum Gasteiger partial charge on any atom is -0.332 e. The molecule has 0 aliphatic rings. The van der Waals surface area contributed by atoms with Crippen molar-refractivity contribution in [2.45, 2.75) is 27.2 Å². The Morgan fingerprint density at radius 3 is 2.69 bits per heavy atom. The molecule has 0 unspecified atom stereocenters. The van der Waals surface area contributed by atoms with Crippen molar-refractivity contribution in [3.05, 3.63) is 29.3 Å². The number of rotatable bonds is 2. The third kappa shape index (κ3) is 3.31. The molecule has 0 aliphatic heterocycles. The van der Waals surface area contributed by atoms with Gasteiger partial charge in [0.1, 0.15) is 0 Å². The van der Waals surface area contributed by atoms with Crippen LogP contribution in [0.2, 0.25) is 0 Å². The fraction of sp³-hybridized carbons (Fsp3) is 0.333. The topological polar surface area (TPSA) is 41.1 Å². The summed E-state index contributed by atoms with van der Waals surface area (Å²) in [6.45, 7) is 5.84. The maximum absolute atomic E-state index is 11.1. The number of hydrogen-bond donors (Lipinski definition) is 2. The van der Waals surface area contributed by atoms with E-state index in [1.165, 1.54) is 5.56 Å². The highest BCUT2D eigenvalue weighted by Crippen LogP contribution is 2.17. The van der Waals surface area contributed by atoms with Gasteiger partial charge < -0.3 is 10.6 Å². The summed E-state index contributed by atoms with van der Waals surface area (Å²) >= 11 is 5.04. The molecule has 1 aromatic rings. The lowest BCUT2D eigenvalue weighted by atomic mass is 10.1. The lowest BCUT2D eigenvalue weighted by Gasteiger charge is -2.12. The van der Waals surface area contributed by atoms with E-state index in [1.807, 2.05) is 32.0 Å². The van der Waals surface area contributed by atoms with Crippen molar-refractivity contribution in [1.29, 1.82) is 0 Å². The van der Waals surface area contributed by atoms with Crippen LogP contribution >= 0.6 is 12.2 Å². The molecule has 1 rings (SSSR count). The largest absolute Gasteiger partial charge is 0.332 e. The molecule has 0 fully saturated rings. The van der Waals surface area contributed by atoms with E-state index in [1.54, 1.807) is 6.92 Å². The molecular formula is C12H16N2OS. The molecule has 2 N–H and O–H groups in total. The Hall–Kier alpha value is -1.42. The van der Waals surface area contributed by atoms with Crippen molar-refractivity contribution < 1.29 is 4.79 Å². The maximum Gasteiger partial charge on any atom is 0.225 e. The van der Waals surface area contributed by atoms with Gasteiger partial charge in [-0.1, -0.05) is 19.1 Å². The fourth-order valence-electron chi connectivity index (χ4n) is 1.26. The van der Waals surface area contributed by atoms with Crippen LogP contribution in [0.3, 0.4) is 0 Å². The molecule has 16 heavy (non-hydrogen) atoms. The van der Waals surface area contributed by atoms with Crippen LogP contribution in [0.4, 0.5) is 5.69 Å². The smallest absolute Gasteiger partial charge is 0.225 e. The summed E-state index contributed by atoms with van der Waals surface area (Å²) in [5, 5.41) is 5.97. The standard InChI is InChI=1S/C12H16N2OS/c1-4-11(15)14-12(16)13-10-7-5-6-8(2)9(10)3/h5-7H,4H2,1-3H3,(H2,13,14,15,16). The fourth-order valence-corrected chi connectivity index (χ4v) is 1.48. The number of hydrogen-bond acceptors (Lipinski definition) is 2. The SMILES string of the molecule is CCC(=O)NC(=S)Nc1cccc(C)c1C. The van der Waals surface area contributed by atoms with E-state index in [2.05, 4.69) is 10.6 Å². The second-order valence-corrected chi connectivity index (χ2v) is 4.01. The van der Waals surface area contributed by atoms with Crippen LogP contribution in [0.25, 0.3) is 0 Å². The second kappa shape index (κ2) is 5.61. The Morgan fingerprint density at radius 2 is 2.06 bits per heavy atom. The number of nitrogens with one attached hydrogen (secondary N) is 2. The Bertz CT molecular complexity index is 415. The molecular weight excluding hydrogens is 220 g/mol. The highest BCUT2D eigenvalue weighted by Gasteiger charge is 2.04. The van der Waals surface area contributed by atoms with Gasteiger partial charge in [-0.15, -0.1) is 0 Å². The summed E-state index contributed by atoms with van der Waals surface area (Å²) in [5.41, 5.74) is 3.26. The van der Waals surface area contributed by atoms with Crippen molar-refractivity contribution in [2.24, 2.45) is 0 Å². The Kier molecular flexibility index (Phi) is 4.43. The molecule has 86 valence electrons. The summed E-state index contributed by atoms with van der Waals surface area (Å²) in [5.74, 6) is -0.0807. The average molecular weight is 236 g/mol. The first-order valence-electron chi connectivity index (χ1n) is 5.21. The number of carbonyl (C=O) groups excluding carboxylic acids is 1. The quantitative estimate of drug-likeness (QED) is 0.775. The lowest BCUT2D eigenvalue weighted by molar-refractivity contribution is -0.119. The third-order valence-electron chi connectivity index (χ3n) is 2.43. The van der Waals surface area contributed by atoms with E-state index in [0.29, 0.717) is 11.5 Å². The minimum absolute atomic E-state index is 0.0807.